The van der Waals surface area contributed by atoms with Gasteiger partial charge in [0, 0.05) is 19.3 Å². The zero-order chi connectivity index (χ0) is 14.7. The van der Waals surface area contributed by atoms with Gasteiger partial charge in [-0.15, -0.1) is 0 Å². The molecule has 20 heavy (non-hydrogen) atoms. The first-order valence-corrected chi connectivity index (χ1v) is 6.40. The van der Waals surface area contributed by atoms with Crippen molar-refractivity contribution in [3.05, 3.63) is 29.6 Å². The number of carbonyl (C=O) groups excluding carboxylic acids is 2. The van der Waals surface area contributed by atoms with Crippen LogP contribution in [-0.4, -0.2) is 40.8 Å². The highest BCUT2D eigenvalue weighted by Gasteiger charge is 2.26. The average Bonchev–Trinajstić information content (AvgIpc) is 2.94. The van der Waals surface area contributed by atoms with E-state index in [2.05, 4.69) is 10.3 Å². The third kappa shape index (κ3) is 2.92. The Morgan fingerprint density at radius 1 is 1.35 bits per heavy atom. The van der Waals surface area contributed by atoms with Gasteiger partial charge >= 0.3 is 0 Å². The smallest absolute Gasteiger partial charge is 0.255 e. The normalized spacial score (nSPS) is 16.1. The van der Waals surface area contributed by atoms with Crippen molar-refractivity contribution in [2.75, 3.05) is 13.1 Å². The zero-order valence-corrected chi connectivity index (χ0v) is 11.0. The highest BCUT2D eigenvalue weighted by atomic mass is 19.2. The van der Waals surface area contributed by atoms with E-state index in [1.807, 2.05) is 0 Å². The largest absolute Gasteiger partial charge is 0.341 e. The molecule has 7 heteroatoms. The maximum absolute atomic E-state index is 13.4. The summed E-state index contributed by atoms with van der Waals surface area (Å²) >= 11 is 0. The Morgan fingerprint density at radius 3 is 2.65 bits per heavy atom. The molecule has 5 nitrogen and oxygen atoms in total. The van der Waals surface area contributed by atoms with E-state index in [-0.39, 0.29) is 5.91 Å². The molecule has 1 aliphatic heterocycles. The summed E-state index contributed by atoms with van der Waals surface area (Å²) in [5.41, 5.74) is -0.460. The molecule has 1 aliphatic rings. The lowest BCUT2D eigenvalue weighted by Crippen LogP contribution is -2.46. The molecular weight excluding hydrogens is 268 g/mol. The van der Waals surface area contributed by atoms with Gasteiger partial charge in [0.2, 0.25) is 11.9 Å². The summed E-state index contributed by atoms with van der Waals surface area (Å²) in [4.78, 5) is 28.6. The van der Waals surface area contributed by atoms with Crippen molar-refractivity contribution >= 4 is 11.8 Å². The van der Waals surface area contributed by atoms with E-state index < -0.39 is 29.3 Å². The maximum atomic E-state index is 13.4. The van der Waals surface area contributed by atoms with Crippen LogP contribution in [0, 0.1) is 11.8 Å². The molecule has 1 atom stereocenters. The summed E-state index contributed by atoms with van der Waals surface area (Å²) in [5.74, 6) is -3.70. The maximum Gasteiger partial charge on any atom is 0.255 e. The summed E-state index contributed by atoms with van der Waals surface area (Å²) in [5, 5.41) is 2.38. The highest BCUT2D eigenvalue weighted by molar-refractivity contribution is 5.97. The third-order valence-corrected chi connectivity index (χ3v) is 3.23. The zero-order valence-electron chi connectivity index (χ0n) is 11.0. The molecule has 2 rings (SSSR count). The van der Waals surface area contributed by atoms with E-state index in [4.69, 9.17) is 0 Å². The molecule has 1 aromatic rings. The van der Waals surface area contributed by atoms with Crippen LogP contribution in [0.2, 0.25) is 0 Å². The summed E-state index contributed by atoms with van der Waals surface area (Å²) in [6.07, 6.45) is 2.88. The molecular formula is C13H15F2N3O2. The Hall–Kier alpha value is -2.05. The first-order valence-electron chi connectivity index (χ1n) is 6.40. The van der Waals surface area contributed by atoms with E-state index in [0.29, 0.717) is 13.1 Å². The van der Waals surface area contributed by atoms with E-state index in [1.54, 1.807) is 4.90 Å². The molecule has 1 unspecified atom stereocenters. The van der Waals surface area contributed by atoms with Gasteiger partial charge in [-0.2, -0.15) is 4.39 Å². The number of amides is 2. The van der Waals surface area contributed by atoms with Crippen molar-refractivity contribution in [1.29, 1.82) is 0 Å². The van der Waals surface area contributed by atoms with Gasteiger partial charge in [0.15, 0.2) is 5.82 Å². The molecule has 0 saturated carbocycles. The lowest BCUT2D eigenvalue weighted by Gasteiger charge is -2.21. The number of likely N-dealkylation sites (tertiary alicyclic amines) is 1. The fourth-order valence-corrected chi connectivity index (χ4v) is 2.14. The quantitative estimate of drug-likeness (QED) is 0.845. The second kappa shape index (κ2) is 5.94. The molecule has 1 N–H and O–H groups in total. The number of aromatic nitrogens is 1. The van der Waals surface area contributed by atoms with E-state index in [9.17, 15) is 18.4 Å². The number of nitrogens with one attached hydrogen (secondary N) is 1. The molecule has 0 aliphatic carbocycles. The average molecular weight is 283 g/mol. The fraction of sp³-hybridized carbons (Fsp3) is 0.462. The monoisotopic (exact) mass is 283 g/mol. The minimum Gasteiger partial charge on any atom is -0.341 e. The minimum absolute atomic E-state index is 0.217. The van der Waals surface area contributed by atoms with Crippen LogP contribution in [0.1, 0.15) is 30.1 Å². The molecule has 2 heterocycles. The number of pyridine rings is 1. The number of rotatable bonds is 3. The predicted octanol–water partition coefficient (Wildman–Crippen LogP) is 1.10. The molecule has 1 saturated heterocycles. The van der Waals surface area contributed by atoms with Gasteiger partial charge in [-0.25, -0.2) is 9.37 Å². The highest BCUT2D eigenvalue weighted by Crippen LogP contribution is 2.11. The Morgan fingerprint density at radius 2 is 2.00 bits per heavy atom. The predicted molar refractivity (Wildman–Crippen MR) is 66.9 cm³/mol. The minimum atomic E-state index is -1.34. The van der Waals surface area contributed by atoms with Gasteiger partial charge in [-0.1, -0.05) is 0 Å². The SMILES string of the molecule is CC(NC(=O)c1ccnc(F)c1F)C(=O)N1CCCC1. The van der Waals surface area contributed by atoms with E-state index in [0.717, 1.165) is 25.1 Å². The molecule has 0 radical (unpaired) electrons. The second-order valence-corrected chi connectivity index (χ2v) is 4.69. The molecule has 1 fully saturated rings. The number of hydrogen-bond donors (Lipinski definition) is 1. The van der Waals surface area contributed by atoms with Gasteiger partial charge in [0.1, 0.15) is 6.04 Å². The lowest BCUT2D eigenvalue weighted by molar-refractivity contribution is -0.131. The van der Waals surface area contributed by atoms with Crippen molar-refractivity contribution in [1.82, 2.24) is 15.2 Å². The van der Waals surface area contributed by atoms with Crippen LogP contribution in [0.25, 0.3) is 0 Å². The molecule has 1 aromatic heterocycles. The standard InChI is InChI=1S/C13H15F2N3O2/c1-8(13(20)18-6-2-3-7-18)17-12(19)9-4-5-16-11(15)10(9)14/h4-5,8H,2-3,6-7H2,1H3,(H,17,19). The molecule has 0 aromatic carbocycles. The molecule has 0 spiro atoms. The van der Waals surface area contributed by atoms with E-state index >= 15 is 0 Å². The third-order valence-electron chi connectivity index (χ3n) is 3.23. The Balaban J connectivity index is 2.03. The Labute approximate surface area is 115 Å². The Kier molecular flexibility index (Phi) is 4.26. The molecule has 2 amide bonds. The molecule has 0 bridgehead atoms. The second-order valence-electron chi connectivity index (χ2n) is 4.69. The van der Waals surface area contributed by atoms with Crippen LogP contribution in [-0.2, 0) is 4.79 Å². The van der Waals surface area contributed by atoms with Crippen molar-refractivity contribution in [3.63, 3.8) is 0 Å². The first kappa shape index (κ1) is 14.4. The van der Waals surface area contributed by atoms with Gasteiger partial charge in [-0.3, -0.25) is 9.59 Å². The van der Waals surface area contributed by atoms with Crippen LogP contribution in [0.3, 0.4) is 0 Å². The van der Waals surface area contributed by atoms with Crippen LogP contribution in [0.4, 0.5) is 8.78 Å². The van der Waals surface area contributed by atoms with Gasteiger partial charge in [0.05, 0.1) is 5.56 Å². The molecule has 108 valence electrons. The number of hydrogen-bond acceptors (Lipinski definition) is 3. The van der Waals surface area contributed by atoms with Gasteiger partial charge in [-0.05, 0) is 25.8 Å². The van der Waals surface area contributed by atoms with Crippen LogP contribution >= 0.6 is 0 Å². The van der Waals surface area contributed by atoms with E-state index in [1.165, 1.54) is 6.92 Å². The number of carbonyl (C=O) groups is 2. The van der Waals surface area contributed by atoms with Crippen LogP contribution in [0.5, 0.6) is 0 Å². The van der Waals surface area contributed by atoms with Crippen LogP contribution in [0.15, 0.2) is 12.3 Å². The van der Waals surface area contributed by atoms with Crippen LogP contribution < -0.4 is 5.32 Å². The topological polar surface area (TPSA) is 62.3 Å². The van der Waals surface area contributed by atoms with Crippen molar-refractivity contribution in [3.8, 4) is 0 Å². The first-order chi connectivity index (χ1) is 9.50. The number of halogens is 2. The van der Waals surface area contributed by atoms with Crippen molar-refractivity contribution in [2.45, 2.75) is 25.8 Å². The van der Waals surface area contributed by atoms with Crippen molar-refractivity contribution in [2.24, 2.45) is 0 Å². The fourth-order valence-electron chi connectivity index (χ4n) is 2.14. The number of nitrogens with zero attached hydrogens (tertiary/aromatic N) is 2. The van der Waals surface area contributed by atoms with Crippen molar-refractivity contribution < 1.29 is 18.4 Å². The summed E-state index contributed by atoms with van der Waals surface area (Å²) in [6.45, 7) is 2.85. The lowest BCUT2D eigenvalue weighted by atomic mass is 10.2. The van der Waals surface area contributed by atoms with Gasteiger partial charge < -0.3 is 10.2 Å². The van der Waals surface area contributed by atoms with Gasteiger partial charge in [0.25, 0.3) is 5.91 Å². The summed E-state index contributed by atoms with van der Waals surface area (Å²) in [6, 6.07) is 0.289. The Bertz CT molecular complexity index is 530. The summed E-state index contributed by atoms with van der Waals surface area (Å²) in [7, 11) is 0. The summed E-state index contributed by atoms with van der Waals surface area (Å²) < 4.78 is 26.4.